The van der Waals surface area contributed by atoms with Crippen LogP contribution in [0.4, 0.5) is 10.2 Å². The van der Waals surface area contributed by atoms with Gasteiger partial charge in [0.15, 0.2) is 0 Å². The number of benzene rings is 1. The summed E-state index contributed by atoms with van der Waals surface area (Å²) in [4.78, 5) is 29.0. The first-order valence-electron chi connectivity index (χ1n) is 7.39. The maximum absolute atomic E-state index is 13.3. The van der Waals surface area contributed by atoms with Crippen LogP contribution >= 0.6 is 22.9 Å². The number of hydrogen-bond donors (Lipinski definition) is 1. The summed E-state index contributed by atoms with van der Waals surface area (Å²) < 4.78 is 13.3. The van der Waals surface area contributed by atoms with Crippen molar-refractivity contribution in [3.63, 3.8) is 0 Å². The largest absolute Gasteiger partial charge is 0.306 e. The van der Waals surface area contributed by atoms with Gasteiger partial charge in [0.25, 0.3) is 5.91 Å². The van der Waals surface area contributed by atoms with Crippen molar-refractivity contribution in [2.75, 3.05) is 12.4 Å². The minimum atomic E-state index is -0.800. The van der Waals surface area contributed by atoms with Crippen LogP contribution in [0.15, 0.2) is 42.0 Å². The van der Waals surface area contributed by atoms with Gasteiger partial charge >= 0.3 is 0 Å². The predicted octanol–water partition coefficient (Wildman–Crippen LogP) is 4.33. The molecule has 2 aromatic heterocycles. The summed E-state index contributed by atoms with van der Waals surface area (Å²) in [6.07, 6.45) is 1.57. The first-order chi connectivity index (χ1) is 12.6. The molecule has 0 aliphatic carbocycles. The van der Waals surface area contributed by atoms with E-state index in [-0.39, 0.29) is 11.5 Å². The molecule has 0 atom stereocenters. The van der Waals surface area contributed by atoms with E-state index in [0.29, 0.717) is 10.8 Å². The van der Waals surface area contributed by atoms with Crippen LogP contribution in [0, 0.1) is 5.95 Å². The fourth-order valence-electron chi connectivity index (χ4n) is 2.19. The summed E-state index contributed by atoms with van der Waals surface area (Å²) in [5, 5.41) is 3.08. The minimum Gasteiger partial charge on any atom is -0.306 e. The van der Waals surface area contributed by atoms with Gasteiger partial charge in [0.1, 0.15) is 17.3 Å². The van der Waals surface area contributed by atoms with Crippen molar-refractivity contribution >= 4 is 34.7 Å². The van der Waals surface area contributed by atoms with E-state index in [9.17, 15) is 9.18 Å². The Bertz CT molecular complexity index is 918. The molecular formula is C17H13ClFN3O3S. The summed E-state index contributed by atoms with van der Waals surface area (Å²) in [6, 6.07) is 8.82. The highest BCUT2D eigenvalue weighted by Gasteiger charge is 2.15. The lowest BCUT2D eigenvalue weighted by Crippen LogP contribution is -2.12. The fraction of sp³-hybridized carbons (Fsp3) is 0.118. The lowest BCUT2D eigenvalue weighted by molar-refractivity contribution is -0.282. The predicted molar refractivity (Wildman–Crippen MR) is 96.5 cm³/mol. The smallest absolute Gasteiger partial charge is 0.271 e. The number of halogens is 2. The molecule has 6 nitrogen and oxygen atoms in total. The van der Waals surface area contributed by atoms with E-state index in [1.54, 1.807) is 24.4 Å². The zero-order valence-corrected chi connectivity index (χ0v) is 15.1. The molecule has 0 bridgehead atoms. The van der Waals surface area contributed by atoms with E-state index < -0.39 is 11.9 Å². The second-order valence-corrected chi connectivity index (χ2v) is 6.36. The van der Waals surface area contributed by atoms with E-state index in [1.807, 2.05) is 12.1 Å². The number of thiazole rings is 1. The second-order valence-electron chi connectivity index (χ2n) is 5.10. The van der Waals surface area contributed by atoms with Crippen molar-refractivity contribution in [3.8, 4) is 11.1 Å². The Labute approximate surface area is 157 Å². The molecule has 9 heteroatoms. The Kier molecular flexibility index (Phi) is 5.89. The minimum absolute atomic E-state index is 0.0928. The van der Waals surface area contributed by atoms with Gasteiger partial charge in [0.05, 0.1) is 12.6 Å². The van der Waals surface area contributed by atoms with Crippen molar-refractivity contribution in [1.29, 1.82) is 0 Å². The van der Waals surface area contributed by atoms with E-state index in [0.717, 1.165) is 28.0 Å². The number of anilines is 1. The molecule has 1 aromatic carbocycles. The number of amides is 1. The number of carbonyl (C=O) groups is 1. The Morgan fingerprint density at radius 3 is 2.81 bits per heavy atom. The Balaban J connectivity index is 1.77. The number of nitrogens with zero attached hydrogens (tertiary/aromatic N) is 2. The number of aromatic nitrogens is 2. The van der Waals surface area contributed by atoms with Gasteiger partial charge < -0.3 is 5.32 Å². The Morgan fingerprint density at radius 1 is 1.31 bits per heavy atom. The van der Waals surface area contributed by atoms with Crippen LogP contribution < -0.4 is 5.32 Å². The van der Waals surface area contributed by atoms with Gasteiger partial charge in [-0.1, -0.05) is 17.7 Å². The molecule has 0 saturated heterocycles. The van der Waals surface area contributed by atoms with E-state index in [2.05, 4.69) is 20.2 Å². The van der Waals surface area contributed by atoms with Crippen LogP contribution in [0.25, 0.3) is 11.1 Å². The maximum atomic E-state index is 13.3. The van der Waals surface area contributed by atoms with E-state index in [1.165, 1.54) is 12.6 Å². The topological polar surface area (TPSA) is 73.3 Å². The van der Waals surface area contributed by atoms with Crippen molar-refractivity contribution < 1.29 is 19.0 Å². The molecule has 0 unspecified atom stereocenters. The van der Waals surface area contributed by atoms with Crippen LogP contribution in [0.2, 0.25) is 5.02 Å². The summed E-state index contributed by atoms with van der Waals surface area (Å²) in [6.45, 7) is 0.280. The van der Waals surface area contributed by atoms with Crippen molar-refractivity contribution in [2.24, 2.45) is 0 Å². The fourth-order valence-corrected chi connectivity index (χ4v) is 2.98. The molecule has 0 aliphatic rings. The standard InChI is InChI=1S/C17H13ClFN3O3S/c1-24-25-8-10-2-4-13(18)12(6-10)11-3-5-14(20-7-11)22-17(23)15-16(19)21-9-26-15/h2-7,9H,8H2,1H3,(H,20,22,23). The maximum Gasteiger partial charge on any atom is 0.271 e. The Morgan fingerprint density at radius 2 is 2.15 bits per heavy atom. The molecule has 26 heavy (non-hydrogen) atoms. The first kappa shape index (κ1) is 18.4. The molecule has 3 rings (SSSR count). The normalized spacial score (nSPS) is 10.7. The van der Waals surface area contributed by atoms with Gasteiger partial charge in [-0.3, -0.25) is 4.79 Å². The number of rotatable bonds is 6. The Hall–Kier alpha value is -2.39. The third-order valence-electron chi connectivity index (χ3n) is 3.42. The van der Waals surface area contributed by atoms with Crippen molar-refractivity contribution in [3.05, 3.63) is 63.5 Å². The number of nitrogens with one attached hydrogen (secondary N) is 1. The van der Waals surface area contributed by atoms with Gasteiger partial charge in [-0.25, -0.2) is 19.7 Å². The molecule has 0 spiro atoms. The van der Waals surface area contributed by atoms with Crippen LogP contribution in [-0.2, 0) is 16.4 Å². The molecule has 134 valence electrons. The molecule has 3 aromatic rings. The molecule has 1 N–H and O–H groups in total. The van der Waals surface area contributed by atoms with Gasteiger partial charge in [0, 0.05) is 22.3 Å². The third-order valence-corrected chi connectivity index (χ3v) is 4.55. The SMILES string of the molecule is COOCc1ccc(Cl)c(-c2ccc(NC(=O)c3scnc3F)nc2)c1. The van der Waals surface area contributed by atoms with Gasteiger partial charge in [-0.15, -0.1) is 11.3 Å². The average molecular weight is 394 g/mol. The third kappa shape index (κ3) is 4.23. The summed E-state index contributed by atoms with van der Waals surface area (Å²) >= 11 is 7.18. The first-order valence-corrected chi connectivity index (χ1v) is 8.65. The zero-order valence-electron chi connectivity index (χ0n) is 13.5. The summed E-state index contributed by atoms with van der Waals surface area (Å²) in [7, 11) is 1.44. The highest BCUT2D eigenvalue weighted by atomic mass is 35.5. The van der Waals surface area contributed by atoms with Crippen molar-refractivity contribution in [2.45, 2.75) is 6.61 Å². The summed E-state index contributed by atoms with van der Waals surface area (Å²) in [5.74, 6) is -1.10. The molecule has 0 saturated carbocycles. The average Bonchev–Trinajstić information content (AvgIpc) is 3.08. The molecule has 0 aliphatic heterocycles. The molecular weight excluding hydrogens is 381 g/mol. The lowest BCUT2D eigenvalue weighted by Gasteiger charge is -2.09. The van der Waals surface area contributed by atoms with Gasteiger partial charge in [0.2, 0.25) is 5.95 Å². The number of hydrogen-bond acceptors (Lipinski definition) is 6. The molecule has 0 radical (unpaired) electrons. The van der Waals surface area contributed by atoms with Crippen molar-refractivity contribution in [1.82, 2.24) is 9.97 Å². The van der Waals surface area contributed by atoms with Crippen LogP contribution in [0.3, 0.4) is 0 Å². The van der Waals surface area contributed by atoms with E-state index in [4.69, 9.17) is 16.5 Å². The highest BCUT2D eigenvalue weighted by Crippen LogP contribution is 2.29. The second kappa shape index (κ2) is 8.33. The highest BCUT2D eigenvalue weighted by molar-refractivity contribution is 7.11. The molecule has 0 fully saturated rings. The van der Waals surface area contributed by atoms with E-state index >= 15 is 0 Å². The van der Waals surface area contributed by atoms with Crippen LogP contribution in [-0.4, -0.2) is 23.0 Å². The van der Waals surface area contributed by atoms with Crippen LogP contribution in [0.1, 0.15) is 15.2 Å². The number of carbonyl (C=O) groups excluding carboxylic acids is 1. The monoisotopic (exact) mass is 393 g/mol. The zero-order chi connectivity index (χ0) is 18.5. The quantitative estimate of drug-likeness (QED) is 0.498. The van der Waals surface area contributed by atoms with Crippen LogP contribution in [0.5, 0.6) is 0 Å². The number of pyridine rings is 1. The molecule has 1 amide bonds. The lowest BCUT2D eigenvalue weighted by atomic mass is 10.0. The summed E-state index contributed by atoms with van der Waals surface area (Å²) in [5.41, 5.74) is 3.67. The van der Waals surface area contributed by atoms with Gasteiger partial charge in [-0.05, 0) is 29.8 Å². The molecule has 2 heterocycles. The van der Waals surface area contributed by atoms with Gasteiger partial charge in [-0.2, -0.15) is 4.39 Å².